The third-order valence-corrected chi connectivity index (χ3v) is 15.6. The number of nitriles is 1. The molecule has 0 radical (unpaired) electrons. The van der Waals surface area contributed by atoms with Gasteiger partial charge in [-0.25, -0.2) is 0 Å². The second kappa shape index (κ2) is 14.8. The van der Waals surface area contributed by atoms with E-state index in [2.05, 4.69) is 214 Å². The standard InChI is InChI=1S/C66H38N6O/c67-39-40-25-31-58-48(35-40)46-15-3-5-19-54(46)70(58)43-28-30-51-63(38-43)73-62-37-42(26-29-50(62)66(51)52-17-11-33-68-64(52)65-53(66)18-12-34-69-65)41-27-32-59-49(36-41)47-16-4-8-22-57(47)72(59)61-24-10-9-23-60(61)71-55-20-6-1-13-44(55)45-14-2-7-21-56(45)71/h1-38H. The minimum atomic E-state index is -0.753. The van der Waals surface area contributed by atoms with Crippen LogP contribution < -0.4 is 4.74 Å². The Bertz CT molecular complexity index is 4660. The maximum atomic E-state index is 9.88. The number of hydrogen-bond donors (Lipinski definition) is 0. The molecule has 1 aliphatic carbocycles. The topological polar surface area (TPSA) is 73.6 Å². The number of hydrogen-bond acceptors (Lipinski definition) is 4. The first-order valence-corrected chi connectivity index (χ1v) is 24.6. The van der Waals surface area contributed by atoms with Crippen molar-refractivity contribution < 1.29 is 4.74 Å². The van der Waals surface area contributed by atoms with Gasteiger partial charge in [0.05, 0.1) is 72.9 Å². The maximum absolute atomic E-state index is 9.88. The zero-order chi connectivity index (χ0) is 47.9. The number of nitrogens with zero attached hydrogens (tertiary/aromatic N) is 6. The van der Waals surface area contributed by atoms with Gasteiger partial charge in [0.1, 0.15) is 11.5 Å². The van der Waals surface area contributed by atoms with Crippen LogP contribution in [-0.2, 0) is 5.41 Å². The zero-order valence-corrected chi connectivity index (χ0v) is 39.0. The highest BCUT2D eigenvalue weighted by Gasteiger charge is 2.52. The van der Waals surface area contributed by atoms with Crippen molar-refractivity contribution in [3.63, 3.8) is 0 Å². The van der Waals surface area contributed by atoms with E-state index < -0.39 is 5.41 Å². The summed E-state index contributed by atoms with van der Waals surface area (Å²) < 4.78 is 14.4. The predicted molar refractivity (Wildman–Crippen MR) is 293 cm³/mol. The van der Waals surface area contributed by atoms with E-state index in [1.54, 1.807) is 0 Å². The van der Waals surface area contributed by atoms with Gasteiger partial charge in [-0.2, -0.15) is 5.26 Å². The van der Waals surface area contributed by atoms with Crippen molar-refractivity contribution in [2.45, 2.75) is 5.41 Å². The molecule has 9 aromatic carbocycles. The van der Waals surface area contributed by atoms with E-state index in [0.29, 0.717) is 5.56 Å². The first-order valence-electron chi connectivity index (χ1n) is 24.6. The molecule has 16 rings (SSSR count). The molecule has 0 atom stereocenters. The summed E-state index contributed by atoms with van der Waals surface area (Å²) in [7, 11) is 0. The molecule has 73 heavy (non-hydrogen) atoms. The SMILES string of the molecule is N#Cc1ccc2c(c1)c1ccccc1n2-c1ccc2c(c1)Oc1cc(-c3ccc4c(c3)c3ccccc3n4-c3ccccc3-n3c4ccccc4c4ccccc43)ccc1C21c2cccnc2-c2ncccc21. The highest BCUT2D eigenvalue weighted by Crippen LogP contribution is 2.62. The van der Waals surface area contributed by atoms with Crippen molar-refractivity contribution in [3.05, 3.63) is 259 Å². The highest BCUT2D eigenvalue weighted by atomic mass is 16.5. The van der Waals surface area contributed by atoms with Crippen molar-refractivity contribution in [3.8, 4) is 57.1 Å². The number of fused-ring (bicyclic) bond motifs is 18. The second-order valence-corrected chi connectivity index (χ2v) is 19.2. The number of para-hydroxylation sites is 6. The maximum Gasteiger partial charge on any atom is 0.134 e. The molecule has 0 N–H and O–H groups in total. The molecule has 1 spiro atoms. The van der Waals surface area contributed by atoms with Crippen molar-refractivity contribution in [2.75, 3.05) is 0 Å². The Morgan fingerprint density at radius 2 is 0.822 bits per heavy atom. The Morgan fingerprint density at radius 1 is 0.370 bits per heavy atom. The third-order valence-electron chi connectivity index (χ3n) is 15.6. The minimum absolute atomic E-state index is 0.630. The lowest BCUT2D eigenvalue weighted by molar-refractivity contribution is 0.436. The smallest absolute Gasteiger partial charge is 0.134 e. The fraction of sp³-hybridized carbons (Fsp3) is 0.0152. The fourth-order valence-electron chi connectivity index (χ4n) is 12.7. The van der Waals surface area contributed by atoms with Gasteiger partial charge in [0.2, 0.25) is 0 Å². The van der Waals surface area contributed by atoms with Crippen LogP contribution in [-0.4, -0.2) is 23.7 Å². The van der Waals surface area contributed by atoms with Gasteiger partial charge in [-0.05, 0) is 113 Å². The first-order chi connectivity index (χ1) is 36.2. The lowest BCUT2D eigenvalue weighted by atomic mass is 9.66. The largest absolute Gasteiger partial charge is 0.457 e. The number of rotatable bonds is 4. The summed E-state index contributed by atoms with van der Waals surface area (Å²) in [5.74, 6) is 1.53. The van der Waals surface area contributed by atoms with Crippen molar-refractivity contribution in [1.29, 1.82) is 5.26 Å². The quantitative estimate of drug-likeness (QED) is 0.176. The lowest BCUT2D eigenvalue weighted by Gasteiger charge is -2.39. The molecule has 6 heterocycles. The molecule has 7 nitrogen and oxygen atoms in total. The van der Waals surface area contributed by atoms with Crippen molar-refractivity contribution >= 4 is 65.4 Å². The van der Waals surface area contributed by atoms with Gasteiger partial charge in [0.15, 0.2) is 0 Å². The number of benzene rings is 9. The Labute approximate surface area is 418 Å². The van der Waals surface area contributed by atoms with Crippen LogP contribution in [0, 0.1) is 11.3 Å². The van der Waals surface area contributed by atoms with Gasteiger partial charge in [-0.1, -0.05) is 121 Å². The molecule has 0 amide bonds. The summed E-state index contributed by atoms with van der Waals surface area (Å²) >= 11 is 0. The Morgan fingerprint density at radius 3 is 1.42 bits per heavy atom. The summed E-state index contributed by atoms with van der Waals surface area (Å²) in [5, 5.41) is 16.8. The molecule has 5 aromatic heterocycles. The molecule has 1 aliphatic heterocycles. The number of pyridine rings is 2. The fourth-order valence-corrected chi connectivity index (χ4v) is 12.7. The van der Waals surface area contributed by atoms with Crippen LogP contribution >= 0.6 is 0 Å². The van der Waals surface area contributed by atoms with E-state index in [-0.39, 0.29) is 0 Å². The van der Waals surface area contributed by atoms with Gasteiger partial charge >= 0.3 is 0 Å². The summed E-state index contributed by atoms with van der Waals surface area (Å²) in [6, 6.07) is 80.3. The van der Waals surface area contributed by atoms with E-state index in [0.717, 1.165) is 106 Å². The van der Waals surface area contributed by atoms with Crippen LogP contribution in [0.3, 0.4) is 0 Å². The van der Waals surface area contributed by atoms with Gasteiger partial charge in [0.25, 0.3) is 0 Å². The molecule has 7 heteroatoms. The summed E-state index contributed by atoms with van der Waals surface area (Å²) in [6.07, 6.45) is 3.72. The van der Waals surface area contributed by atoms with E-state index in [9.17, 15) is 5.26 Å². The Hall–Kier alpha value is -10.0. The molecule has 0 saturated carbocycles. The van der Waals surface area contributed by atoms with Crippen LogP contribution in [0.2, 0.25) is 0 Å². The molecule has 338 valence electrons. The third kappa shape index (κ3) is 5.30. The second-order valence-electron chi connectivity index (χ2n) is 19.2. The van der Waals surface area contributed by atoms with Crippen molar-refractivity contribution in [1.82, 2.24) is 23.7 Å². The van der Waals surface area contributed by atoms with Gasteiger partial charge in [-0.15, -0.1) is 0 Å². The van der Waals surface area contributed by atoms with E-state index in [1.807, 2.05) is 36.7 Å². The highest BCUT2D eigenvalue weighted by molar-refractivity contribution is 6.13. The van der Waals surface area contributed by atoms with E-state index in [4.69, 9.17) is 14.7 Å². The monoisotopic (exact) mass is 930 g/mol. The molecular formula is C66H38N6O. The minimum Gasteiger partial charge on any atom is -0.457 e. The molecule has 14 aromatic rings. The van der Waals surface area contributed by atoms with Gasteiger partial charge in [0, 0.05) is 67.6 Å². The average Bonchev–Trinajstić information content (AvgIpc) is 4.17. The first kappa shape index (κ1) is 39.8. The lowest BCUT2D eigenvalue weighted by Crippen LogP contribution is -2.32. The van der Waals surface area contributed by atoms with Crippen LogP contribution in [0.15, 0.2) is 231 Å². The number of aromatic nitrogens is 5. The Balaban J connectivity index is 0.892. The van der Waals surface area contributed by atoms with E-state index >= 15 is 0 Å². The summed E-state index contributed by atoms with van der Waals surface area (Å²) in [5.41, 5.74) is 17.8. The summed E-state index contributed by atoms with van der Waals surface area (Å²) in [4.78, 5) is 9.98. The average molecular weight is 931 g/mol. The van der Waals surface area contributed by atoms with Gasteiger partial charge < -0.3 is 18.4 Å². The predicted octanol–water partition coefficient (Wildman–Crippen LogP) is 15.8. The van der Waals surface area contributed by atoms with Crippen LogP contribution in [0.5, 0.6) is 11.5 Å². The molecule has 0 fully saturated rings. The van der Waals surface area contributed by atoms with Crippen molar-refractivity contribution in [2.24, 2.45) is 0 Å². The molecule has 2 aliphatic rings. The van der Waals surface area contributed by atoms with Crippen LogP contribution in [0.25, 0.3) is 105 Å². The number of ether oxygens (including phenoxy) is 1. The summed E-state index contributed by atoms with van der Waals surface area (Å²) in [6.45, 7) is 0. The molecule has 0 bridgehead atoms. The molecule has 0 unspecified atom stereocenters. The molecular weight excluding hydrogens is 893 g/mol. The Kier molecular flexibility index (Phi) is 8.04. The van der Waals surface area contributed by atoms with Gasteiger partial charge in [-0.3, -0.25) is 9.97 Å². The van der Waals surface area contributed by atoms with Crippen LogP contribution in [0.1, 0.15) is 27.8 Å². The normalized spacial score (nSPS) is 13.1. The van der Waals surface area contributed by atoms with E-state index in [1.165, 1.54) is 32.6 Å². The van der Waals surface area contributed by atoms with Crippen LogP contribution in [0.4, 0.5) is 0 Å². The molecule has 0 saturated heterocycles. The zero-order valence-electron chi connectivity index (χ0n) is 39.0.